The average Bonchev–Trinajstić information content (AvgIpc) is 2.88. The third kappa shape index (κ3) is 4.05. The highest BCUT2D eigenvalue weighted by Crippen LogP contribution is 2.25. The number of aryl methyl sites for hydroxylation is 1. The van der Waals surface area contributed by atoms with E-state index in [4.69, 9.17) is 4.74 Å². The van der Waals surface area contributed by atoms with E-state index in [1.54, 1.807) is 18.5 Å². The molecule has 21 heavy (non-hydrogen) atoms. The number of thiazole rings is 1. The van der Waals surface area contributed by atoms with Gasteiger partial charge in [0.05, 0.1) is 12.3 Å². The molecule has 0 aliphatic heterocycles. The molecule has 0 unspecified atom stereocenters. The van der Waals surface area contributed by atoms with Crippen LogP contribution in [0.25, 0.3) is 10.8 Å². The molecule has 2 aromatic heterocycles. The Hall–Kier alpha value is -1.86. The Bertz CT molecular complexity index is 600. The summed E-state index contributed by atoms with van der Waals surface area (Å²) in [5, 5.41) is 3.55. The minimum absolute atomic E-state index is 0.0459. The molecule has 0 aliphatic rings. The maximum Gasteiger partial charge on any atom is 0.263 e. The van der Waals surface area contributed by atoms with Gasteiger partial charge in [0.1, 0.15) is 4.88 Å². The number of nitrogens with one attached hydrogen (secondary N) is 1. The van der Waals surface area contributed by atoms with E-state index >= 15 is 0 Å². The standard InChI is InChI=1S/C14H18N4O2S/c1-4-20-8-9(2)17-13(19)11-10(3)18-14(21-11)12-15-6-5-7-16-12/h5-7,9H,4,8H2,1-3H3,(H,17,19)/t9-/m0/s1. The molecule has 1 atom stereocenters. The van der Waals surface area contributed by atoms with Crippen LogP contribution in [-0.4, -0.2) is 40.1 Å². The van der Waals surface area contributed by atoms with Crippen LogP contribution < -0.4 is 5.32 Å². The maximum absolute atomic E-state index is 12.2. The predicted molar refractivity (Wildman–Crippen MR) is 81.3 cm³/mol. The molecule has 6 nitrogen and oxygen atoms in total. The molecule has 112 valence electrons. The quantitative estimate of drug-likeness (QED) is 0.884. The number of carbonyl (C=O) groups excluding carboxylic acids is 1. The molecule has 2 heterocycles. The van der Waals surface area contributed by atoms with Gasteiger partial charge < -0.3 is 10.1 Å². The summed E-state index contributed by atoms with van der Waals surface area (Å²) in [5.41, 5.74) is 0.684. The molecular weight excluding hydrogens is 288 g/mol. The molecule has 0 fully saturated rings. The van der Waals surface area contributed by atoms with Crippen LogP contribution in [0.3, 0.4) is 0 Å². The number of nitrogens with zero attached hydrogens (tertiary/aromatic N) is 3. The molecule has 7 heteroatoms. The summed E-state index contributed by atoms with van der Waals surface area (Å²) in [6, 6.07) is 1.70. The van der Waals surface area contributed by atoms with E-state index in [-0.39, 0.29) is 11.9 Å². The van der Waals surface area contributed by atoms with E-state index < -0.39 is 0 Å². The lowest BCUT2D eigenvalue weighted by molar-refractivity contribution is 0.0875. The normalized spacial score (nSPS) is 12.1. The molecule has 0 aromatic carbocycles. The highest BCUT2D eigenvalue weighted by Gasteiger charge is 2.18. The zero-order valence-corrected chi connectivity index (χ0v) is 13.1. The third-order valence-electron chi connectivity index (χ3n) is 2.71. The van der Waals surface area contributed by atoms with Gasteiger partial charge in [-0.25, -0.2) is 15.0 Å². The van der Waals surface area contributed by atoms with Crippen LogP contribution >= 0.6 is 11.3 Å². The van der Waals surface area contributed by atoms with Gasteiger partial charge in [0.2, 0.25) is 0 Å². The molecule has 0 radical (unpaired) electrons. The third-order valence-corrected chi connectivity index (χ3v) is 3.86. The smallest absolute Gasteiger partial charge is 0.263 e. The molecule has 0 spiro atoms. The highest BCUT2D eigenvalue weighted by atomic mass is 32.1. The summed E-state index contributed by atoms with van der Waals surface area (Å²) in [6.07, 6.45) is 3.31. The van der Waals surface area contributed by atoms with Crippen LogP contribution in [0.4, 0.5) is 0 Å². The van der Waals surface area contributed by atoms with Gasteiger partial charge in [-0.1, -0.05) is 0 Å². The topological polar surface area (TPSA) is 77.0 Å². The zero-order chi connectivity index (χ0) is 15.2. The molecule has 2 rings (SSSR count). The first kappa shape index (κ1) is 15.5. The van der Waals surface area contributed by atoms with Crippen molar-refractivity contribution in [2.45, 2.75) is 26.8 Å². The van der Waals surface area contributed by atoms with Crippen LogP contribution in [0.2, 0.25) is 0 Å². The van der Waals surface area contributed by atoms with Crippen molar-refractivity contribution >= 4 is 17.2 Å². The van der Waals surface area contributed by atoms with Crippen molar-refractivity contribution in [1.29, 1.82) is 0 Å². The van der Waals surface area contributed by atoms with Crippen molar-refractivity contribution in [1.82, 2.24) is 20.3 Å². The van der Waals surface area contributed by atoms with Crippen molar-refractivity contribution in [2.24, 2.45) is 0 Å². The molecule has 0 aliphatic carbocycles. The van der Waals surface area contributed by atoms with Crippen molar-refractivity contribution < 1.29 is 9.53 Å². The fourth-order valence-electron chi connectivity index (χ4n) is 1.74. The lowest BCUT2D eigenvalue weighted by Gasteiger charge is -2.12. The van der Waals surface area contributed by atoms with Gasteiger partial charge in [-0.3, -0.25) is 4.79 Å². The summed E-state index contributed by atoms with van der Waals surface area (Å²) in [7, 11) is 0. The second kappa shape index (κ2) is 7.24. The Morgan fingerprint density at radius 2 is 2.14 bits per heavy atom. The molecule has 0 saturated heterocycles. The largest absolute Gasteiger partial charge is 0.380 e. The van der Waals surface area contributed by atoms with Crippen LogP contribution in [0.15, 0.2) is 18.5 Å². The molecule has 0 saturated carbocycles. The van der Waals surface area contributed by atoms with Gasteiger partial charge in [0.15, 0.2) is 10.8 Å². The van der Waals surface area contributed by atoms with Crippen LogP contribution in [0.1, 0.15) is 29.2 Å². The number of carbonyl (C=O) groups is 1. The first-order chi connectivity index (χ1) is 10.1. The summed E-state index contributed by atoms with van der Waals surface area (Å²) in [5.74, 6) is 0.395. The Morgan fingerprint density at radius 3 is 2.81 bits per heavy atom. The number of hydrogen-bond donors (Lipinski definition) is 1. The van der Waals surface area contributed by atoms with Crippen molar-refractivity contribution in [3.05, 3.63) is 29.0 Å². The first-order valence-corrected chi connectivity index (χ1v) is 7.57. The van der Waals surface area contributed by atoms with Crippen LogP contribution in [-0.2, 0) is 4.74 Å². The van der Waals surface area contributed by atoms with Gasteiger partial charge in [-0.2, -0.15) is 0 Å². The summed E-state index contributed by atoms with van der Waals surface area (Å²) >= 11 is 1.30. The minimum Gasteiger partial charge on any atom is -0.380 e. The first-order valence-electron chi connectivity index (χ1n) is 6.75. The van der Waals surface area contributed by atoms with Gasteiger partial charge in [-0.15, -0.1) is 11.3 Å². The second-order valence-electron chi connectivity index (χ2n) is 4.54. The summed E-state index contributed by atoms with van der Waals surface area (Å²) in [4.78, 5) is 25.5. The predicted octanol–water partition coefficient (Wildman–Crippen LogP) is 2.06. The Kier molecular flexibility index (Phi) is 5.35. The number of hydrogen-bond acceptors (Lipinski definition) is 6. The van der Waals surface area contributed by atoms with Crippen LogP contribution in [0.5, 0.6) is 0 Å². The van der Waals surface area contributed by atoms with Gasteiger partial charge in [0, 0.05) is 25.0 Å². The van der Waals surface area contributed by atoms with Crippen LogP contribution in [0, 0.1) is 6.92 Å². The molecule has 1 N–H and O–H groups in total. The van der Waals surface area contributed by atoms with E-state index in [2.05, 4.69) is 20.3 Å². The molecular formula is C14H18N4O2S. The summed E-state index contributed by atoms with van der Waals surface area (Å²) < 4.78 is 5.29. The lowest BCUT2D eigenvalue weighted by atomic mass is 10.3. The molecule has 2 aromatic rings. The number of aromatic nitrogens is 3. The number of amides is 1. The Labute approximate surface area is 127 Å². The maximum atomic E-state index is 12.2. The lowest BCUT2D eigenvalue weighted by Crippen LogP contribution is -2.35. The van der Waals surface area contributed by atoms with Crippen molar-refractivity contribution in [3.63, 3.8) is 0 Å². The van der Waals surface area contributed by atoms with E-state index in [1.807, 2.05) is 20.8 Å². The Balaban J connectivity index is 2.10. The fraction of sp³-hybridized carbons (Fsp3) is 0.429. The summed E-state index contributed by atoms with van der Waals surface area (Å²) in [6.45, 7) is 6.77. The molecule has 1 amide bonds. The zero-order valence-electron chi connectivity index (χ0n) is 12.3. The van der Waals surface area contributed by atoms with E-state index in [0.717, 1.165) is 0 Å². The minimum atomic E-state index is -0.139. The molecule has 0 bridgehead atoms. The fourth-order valence-corrected chi connectivity index (χ4v) is 2.66. The number of rotatable bonds is 6. The van der Waals surface area contributed by atoms with Crippen molar-refractivity contribution in [2.75, 3.05) is 13.2 Å². The Morgan fingerprint density at radius 1 is 1.43 bits per heavy atom. The average molecular weight is 306 g/mol. The van der Waals surface area contributed by atoms with Crippen molar-refractivity contribution in [3.8, 4) is 10.8 Å². The number of ether oxygens (including phenoxy) is 1. The van der Waals surface area contributed by atoms with Gasteiger partial charge in [-0.05, 0) is 26.8 Å². The van der Waals surface area contributed by atoms with E-state index in [0.29, 0.717) is 34.6 Å². The highest BCUT2D eigenvalue weighted by molar-refractivity contribution is 7.17. The van der Waals surface area contributed by atoms with E-state index in [1.165, 1.54) is 11.3 Å². The second-order valence-corrected chi connectivity index (χ2v) is 5.54. The van der Waals surface area contributed by atoms with E-state index in [9.17, 15) is 4.79 Å². The SMILES string of the molecule is CCOC[C@H](C)NC(=O)c1sc(-c2ncccn2)nc1C. The van der Waals surface area contributed by atoms with Gasteiger partial charge in [0.25, 0.3) is 5.91 Å². The monoisotopic (exact) mass is 306 g/mol. The van der Waals surface area contributed by atoms with Gasteiger partial charge >= 0.3 is 0 Å².